The standard InChI is InChI=1S/C20H25N3O2/c24-19(13-6-7-13)22-8-3-9-23(11-10-22)20(25)21-18-16-12-14-4-1-2-5-15(14)17(16)18/h1-2,4-5,13,16-18H,3,6-12H2,(H,21,25). The average molecular weight is 339 g/mol. The van der Waals surface area contributed by atoms with Crippen LogP contribution >= 0.6 is 0 Å². The van der Waals surface area contributed by atoms with Crippen molar-refractivity contribution in [3.05, 3.63) is 35.4 Å². The van der Waals surface area contributed by atoms with E-state index in [9.17, 15) is 9.59 Å². The third kappa shape index (κ3) is 2.70. The molecule has 1 N–H and O–H groups in total. The summed E-state index contributed by atoms with van der Waals surface area (Å²) in [7, 11) is 0. The van der Waals surface area contributed by atoms with Gasteiger partial charge >= 0.3 is 6.03 Å². The first-order valence-electron chi connectivity index (χ1n) is 9.64. The second-order valence-electron chi connectivity index (χ2n) is 8.01. The van der Waals surface area contributed by atoms with Crippen LogP contribution in [0, 0.1) is 11.8 Å². The summed E-state index contributed by atoms with van der Waals surface area (Å²) < 4.78 is 0. The summed E-state index contributed by atoms with van der Waals surface area (Å²) in [5.74, 6) is 1.67. The maximum Gasteiger partial charge on any atom is 0.317 e. The van der Waals surface area contributed by atoms with Gasteiger partial charge in [-0.25, -0.2) is 4.79 Å². The van der Waals surface area contributed by atoms with Gasteiger partial charge in [0.25, 0.3) is 0 Å². The highest BCUT2D eigenvalue weighted by Gasteiger charge is 2.56. The lowest BCUT2D eigenvalue weighted by Crippen LogP contribution is -2.44. The number of benzene rings is 1. The Morgan fingerprint density at radius 2 is 1.76 bits per heavy atom. The molecule has 1 aromatic rings. The molecule has 132 valence electrons. The molecule has 0 radical (unpaired) electrons. The molecule has 3 fully saturated rings. The summed E-state index contributed by atoms with van der Waals surface area (Å²) in [6.45, 7) is 2.88. The Morgan fingerprint density at radius 3 is 2.60 bits per heavy atom. The largest absolute Gasteiger partial charge is 0.341 e. The Bertz CT molecular complexity index is 715. The molecule has 5 rings (SSSR count). The van der Waals surface area contributed by atoms with Crippen LogP contribution < -0.4 is 5.32 Å². The zero-order valence-corrected chi connectivity index (χ0v) is 14.5. The Kier molecular flexibility index (Phi) is 3.50. The molecule has 2 saturated carbocycles. The minimum atomic E-state index is 0.0533. The molecule has 25 heavy (non-hydrogen) atoms. The van der Waals surface area contributed by atoms with Crippen molar-refractivity contribution in [1.29, 1.82) is 0 Å². The van der Waals surface area contributed by atoms with E-state index in [4.69, 9.17) is 0 Å². The lowest BCUT2D eigenvalue weighted by molar-refractivity contribution is -0.132. The highest BCUT2D eigenvalue weighted by Crippen LogP contribution is 2.56. The highest BCUT2D eigenvalue weighted by atomic mass is 16.2. The topological polar surface area (TPSA) is 52.7 Å². The molecule has 0 aromatic heterocycles. The predicted molar refractivity (Wildman–Crippen MR) is 94.2 cm³/mol. The van der Waals surface area contributed by atoms with Crippen LogP contribution in [-0.4, -0.2) is 54.0 Å². The van der Waals surface area contributed by atoms with E-state index >= 15 is 0 Å². The SMILES string of the molecule is O=C(NC1C2Cc3ccccc3C21)N1CCCN(C(=O)C2CC2)CC1. The molecule has 1 aliphatic heterocycles. The van der Waals surface area contributed by atoms with E-state index in [1.807, 2.05) is 9.80 Å². The van der Waals surface area contributed by atoms with Gasteiger partial charge in [0.1, 0.15) is 0 Å². The molecule has 1 aromatic carbocycles. The van der Waals surface area contributed by atoms with Crippen LogP contribution in [0.2, 0.25) is 0 Å². The van der Waals surface area contributed by atoms with E-state index in [1.54, 1.807) is 0 Å². The van der Waals surface area contributed by atoms with Crippen LogP contribution in [0.15, 0.2) is 24.3 Å². The Labute approximate surface area is 148 Å². The third-order valence-corrected chi connectivity index (χ3v) is 6.35. The number of hydrogen-bond donors (Lipinski definition) is 1. The van der Waals surface area contributed by atoms with E-state index < -0.39 is 0 Å². The number of carbonyl (C=O) groups is 2. The normalized spacial score (nSPS) is 30.3. The number of urea groups is 1. The molecule has 5 heteroatoms. The van der Waals surface area contributed by atoms with Gasteiger partial charge in [0, 0.05) is 44.1 Å². The first kappa shape index (κ1) is 15.2. The van der Waals surface area contributed by atoms with Crippen molar-refractivity contribution in [2.24, 2.45) is 11.8 Å². The number of hydrogen-bond acceptors (Lipinski definition) is 2. The van der Waals surface area contributed by atoms with Crippen molar-refractivity contribution in [3.8, 4) is 0 Å². The molecule has 5 nitrogen and oxygen atoms in total. The molecule has 0 bridgehead atoms. The number of nitrogens with one attached hydrogen (secondary N) is 1. The number of rotatable bonds is 2. The van der Waals surface area contributed by atoms with Gasteiger partial charge < -0.3 is 15.1 Å². The molecular weight excluding hydrogens is 314 g/mol. The van der Waals surface area contributed by atoms with E-state index in [0.717, 1.165) is 38.8 Å². The Balaban J connectivity index is 1.17. The first-order valence-corrected chi connectivity index (χ1v) is 9.64. The maximum atomic E-state index is 12.7. The van der Waals surface area contributed by atoms with Gasteiger partial charge in [-0.15, -0.1) is 0 Å². The smallest absolute Gasteiger partial charge is 0.317 e. The number of nitrogens with zero attached hydrogens (tertiary/aromatic N) is 2. The molecule has 3 atom stereocenters. The number of carbonyl (C=O) groups excluding carboxylic acids is 2. The summed E-state index contributed by atoms with van der Waals surface area (Å²) in [5, 5.41) is 3.26. The van der Waals surface area contributed by atoms with Gasteiger partial charge in [0.15, 0.2) is 0 Å². The number of fused-ring (bicyclic) bond motifs is 3. The van der Waals surface area contributed by atoms with Crippen LogP contribution in [0.1, 0.15) is 36.3 Å². The van der Waals surface area contributed by atoms with Gasteiger partial charge in [-0.2, -0.15) is 0 Å². The highest BCUT2D eigenvalue weighted by molar-refractivity contribution is 5.81. The fourth-order valence-corrected chi connectivity index (χ4v) is 4.71. The van der Waals surface area contributed by atoms with Gasteiger partial charge in [0.05, 0.1) is 0 Å². The predicted octanol–water partition coefficient (Wildman–Crippen LogP) is 1.98. The van der Waals surface area contributed by atoms with Crippen LogP contribution in [0.25, 0.3) is 0 Å². The molecule has 1 heterocycles. The van der Waals surface area contributed by atoms with Crippen LogP contribution in [-0.2, 0) is 11.2 Å². The monoisotopic (exact) mass is 339 g/mol. The second-order valence-corrected chi connectivity index (χ2v) is 8.01. The van der Waals surface area contributed by atoms with Crippen molar-refractivity contribution in [2.45, 2.75) is 37.6 Å². The van der Waals surface area contributed by atoms with Crippen LogP contribution in [0.3, 0.4) is 0 Å². The first-order chi connectivity index (χ1) is 12.2. The molecule has 0 spiro atoms. The molecule has 3 unspecified atom stereocenters. The zero-order chi connectivity index (χ0) is 17.0. The fraction of sp³-hybridized carbons (Fsp3) is 0.600. The van der Waals surface area contributed by atoms with E-state index in [2.05, 4.69) is 29.6 Å². The zero-order valence-electron chi connectivity index (χ0n) is 14.5. The van der Waals surface area contributed by atoms with Crippen molar-refractivity contribution >= 4 is 11.9 Å². The van der Waals surface area contributed by atoms with Gasteiger partial charge in [-0.05, 0) is 42.7 Å². The minimum Gasteiger partial charge on any atom is -0.341 e. The third-order valence-electron chi connectivity index (χ3n) is 6.35. The van der Waals surface area contributed by atoms with Crippen molar-refractivity contribution < 1.29 is 9.59 Å². The minimum absolute atomic E-state index is 0.0533. The summed E-state index contributed by atoms with van der Waals surface area (Å²) in [4.78, 5) is 28.8. The van der Waals surface area contributed by atoms with Gasteiger partial charge in [0.2, 0.25) is 5.91 Å². The molecule has 3 aliphatic carbocycles. The van der Waals surface area contributed by atoms with Gasteiger partial charge in [-0.1, -0.05) is 24.3 Å². The van der Waals surface area contributed by atoms with Crippen molar-refractivity contribution in [2.75, 3.05) is 26.2 Å². The summed E-state index contributed by atoms with van der Waals surface area (Å²) >= 11 is 0. The fourth-order valence-electron chi connectivity index (χ4n) is 4.71. The Hall–Kier alpha value is -2.04. The summed E-state index contributed by atoms with van der Waals surface area (Å²) in [6, 6.07) is 8.97. The molecule has 1 saturated heterocycles. The van der Waals surface area contributed by atoms with Crippen molar-refractivity contribution in [1.82, 2.24) is 15.1 Å². The summed E-state index contributed by atoms with van der Waals surface area (Å²) in [5.41, 5.74) is 2.88. The van der Waals surface area contributed by atoms with Gasteiger partial charge in [-0.3, -0.25) is 4.79 Å². The van der Waals surface area contributed by atoms with E-state index in [1.165, 1.54) is 11.1 Å². The maximum absolute atomic E-state index is 12.7. The quantitative estimate of drug-likeness (QED) is 0.896. The molecule has 4 aliphatic rings. The number of amides is 3. The lowest BCUT2D eigenvalue weighted by atomic mass is 10.1. The molecular formula is C20H25N3O2. The second kappa shape index (κ2) is 5.75. The molecule has 3 amide bonds. The average Bonchev–Trinajstić information content (AvgIpc) is 3.52. The van der Waals surface area contributed by atoms with Crippen LogP contribution in [0.4, 0.5) is 4.79 Å². The Morgan fingerprint density at radius 1 is 1.00 bits per heavy atom. The van der Waals surface area contributed by atoms with Crippen molar-refractivity contribution in [3.63, 3.8) is 0 Å². The van der Waals surface area contributed by atoms with E-state index in [0.29, 0.717) is 36.9 Å². The van der Waals surface area contributed by atoms with Crippen LogP contribution in [0.5, 0.6) is 0 Å². The summed E-state index contributed by atoms with van der Waals surface area (Å²) in [6.07, 6.45) is 4.07. The van der Waals surface area contributed by atoms with E-state index in [-0.39, 0.29) is 11.9 Å². The lowest BCUT2D eigenvalue weighted by Gasteiger charge is -2.23.